The number of benzene rings is 3. The molecule has 0 bridgehead atoms. The summed E-state index contributed by atoms with van der Waals surface area (Å²) in [6, 6.07) is 32.2. The van der Waals surface area contributed by atoms with E-state index in [-0.39, 0.29) is 19.1 Å². The first kappa shape index (κ1) is 34.2. The number of carbonyl (C=O) groups is 2. The number of dihydropyridines is 1. The summed E-state index contributed by atoms with van der Waals surface area (Å²) in [4.78, 5) is 36.7. The summed E-state index contributed by atoms with van der Waals surface area (Å²) in [7, 11) is 2.14. The number of hydrogen-bond donors (Lipinski definition) is 1. The van der Waals surface area contributed by atoms with E-state index in [2.05, 4.69) is 75.4 Å². The zero-order valence-corrected chi connectivity index (χ0v) is 28.5. The van der Waals surface area contributed by atoms with E-state index in [4.69, 9.17) is 9.47 Å². The van der Waals surface area contributed by atoms with Crippen LogP contribution in [-0.4, -0.2) is 68.3 Å². The van der Waals surface area contributed by atoms with E-state index >= 15 is 0 Å². The molecule has 0 spiro atoms. The highest BCUT2D eigenvalue weighted by atomic mass is 16.5. The maximum absolute atomic E-state index is 14.0. The van der Waals surface area contributed by atoms with Crippen molar-refractivity contribution < 1.29 is 19.1 Å². The maximum Gasteiger partial charge on any atom is 0.337 e. The molecule has 4 aromatic rings. The van der Waals surface area contributed by atoms with Crippen LogP contribution in [-0.2, 0) is 19.1 Å². The van der Waals surface area contributed by atoms with Gasteiger partial charge in [-0.15, -0.1) is 0 Å². The number of pyridine rings is 1. The van der Waals surface area contributed by atoms with Crippen molar-refractivity contribution in [1.29, 1.82) is 0 Å². The van der Waals surface area contributed by atoms with Crippen LogP contribution in [0.3, 0.4) is 0 Å². The standard InChI is InChI=1S/C42H42N4O4/c1-3-49-42(48)39-37(28-36(32-14-6-4-7-15-32)33-16-8-5-9-17-33)38(41(47)50-27-11-13-31-12-10-22-43-29-31)30-44-40(39)34-18-20-35(21-19-34)46-25-23-45(2)24-26-46/h4-10,12,14-22,29-30,36-37,44H,3,23-28H2,1-2H3. The molecule has 1 saturated heterocycles. The summed E-state index contributed by atoms with van der Waals surface area (Å²) in [5, 5.41) is 3.31. The number of ether oxygens (including phenoxy) is 2. The minimum absolute atomic E-state index is 0.113. The molecule has 2 aliphatic rings. The number of rotatable bonds is 10. The summed E-state index contributed by atoms with van der Waals surface area (Å²) in [5.74, 6) is 4.09. The Balaban J connectivity index is 1.38. The number of nitrogens with zero attached hydrogens (tertiary/aromatic N) is 3. The molecule has 0 aliphatic carbocycles. The summed E-state index contributed by atoms with van der Waals surface area (Å²) in [6.07, 6.45) is 5.44. The van der Waals surface area contributed by atoms with Crippen molar-refractivity contribution >= 4 is 23.3 Å². The first-order valence-corrected chi connectivity index (χ1v) is 17.1. The van der Waals surface area contributed by atoms with Crippen molar-refractivity contribution in [2.45, 2.75) is 19.3 Å². The van der Waals surface area contributed by atoms with E-state index in [0.29, 0.717) is 23.3 Å². The predicted molar refractivity (Wildman–Crippen MR) is 196 cm³/mol. The lowest BCUT2D eigenvalue weighted by Crippen LogP contribution is -2.44. The lowest BCUT2D eigenvalue weighted by Gasteiger charge is -2.34. The van der Waals surface area contributed by atoms with E-state index in [1.165, 1.54) is 0 Å². The fourth-order valence-corrected chi connectivity index (χ4v) is 6.53. The molecule has 3 heterocycles. The van der Waals surface area contributed by atoms with E-state index in [1.807, 2.05) is 54.6 Å². The Bertz CT molecular complexity index is 1830. The molecular formula is C42H42N4O4. The fourth-order valence-electron chi connectivity index (χ4n) is 6.53. The molecule has 254 valence electrons. The monoisotopic (exact) mass is 666 g/mol. The topological polar surface area (TPSA) is 84.0 Å². The average Bonchev–Trinajstić information content (AvgIpc) is 3.16. The Labute approximate surface area is 294 Å². The first-order chi connectivity index (χ1) is 24.5. The van der Waals surface area contributed by atoms with Gasteiger partial charge in [0.2, 0.25) is 0 Å². The lowest BCUT2D eigenvalue weighted by molar-refractivity contribution is -0.139. The number of aromatic nitrogens is 1. The van der Waals surface area contributed by atoms with Gasteiger partial charge in [-0.3, -0.25) is 4.98 Å². The molecule has 8 heteroatoms. The van der Waals surface area contributed by atoms with Crippen molar-refractivity contribution in [1.82, 2.24) is 15.2 Å². The summed E-state index contributed by atoms with van der Waals surface area (Å²) >= 11 is 0. The second kappa shape index (κ2) is 16.6. The van der Waals surface area contributed by atoms with Gasteiger partial charge in [-0.05, 0) is 61.3 Å². The van der Waals surface area contributed by atoms with E-state index < -0.39 is 17.9 Å². The van der Waals surface area contributed by atoms with Crippen LogP contribution in [0.15, 0.2) is 127 Å². The number of esters is 2. The molecule has 6 rings (SSSR count). The smallest absolute Gasteiger partial charge is 0.337 e. The van der Waals surface area contributed by atoms with Gasteiger partial charge in [0.05, 0.1) is 23.5 Å². The highest BCUT2D eigenvalue weighted by Crippen LogP contribution is 2.41. The molecule has 0 amide bonds. The van der Waals surface area contributed by atoms with Crippen molar-refractivity contribution in [3.05, 3.63) is 149 Å². The number of likely N-dealkylation sites (N-methyl/N-ethyl adjacent to an activating group) is 1. The molecule has 2 aliphatic heterocycles. The zero-order chi connectivity index (χ0) is 34.7. The van der Waals surface area contributed by atoms with Gasteiger partial charge in [0.25, 0.3) is 0 Å². The Kier molecular flexibility index (Phi) is 11.4. The van der Waals surface area contributed by atoms with E-state index in [1.54, 1.807) is 31.6 Å². The highest BCUT2D eigenvalue weighted by Gasteiger charge is 2.38. The summed E-state index contributed by atoms with van der Waals surface area (Å²) in [5.41, 5.74) is 6.20. The Hall–Kier alpha value is -5.65. The van der Waals surface area contributed by atoms with Crippen LogP contribution in [0.25, 0.3) is 5.70 Å². The minimum Gasteiger partial charge on any atom is -0.463 e. The number of anilines is 1. The molecule has 0 saturated carbocycles. The first-order valence-electron chi connectivity index (χ1n) is 17.1. The fraction of sp³-hybridized carbons (Fsp3) is 0.262. The number of nitrogens with one attached hydrogen (secondary N) is 1. The molecular weight excluding hydrogens is 624 g/mol. The third-order valence-corrected chi connectivity index (χ3v) is 9.17. The van der Waals surface area contributed by atoms with E-state index in [9.17, 15) is 9.59 Å². The molecule has 1 fully saturated rings. The van der Waals surface area contributed by atoms with Crippen LogP contribution < -0.4 is 10.2 Å². The molecule has 1 aromatic heterocycles. The van der Waals surface area contributed by atoms with Crippen molar-refractivity contribution in [2.75, 3.05) is 51.3 Å². The largest absolute Gasteiger partial charge is 0.463 e. The van der Waals surface area contributed by atoms with E-state index in [0.717, 1.165) is 54.1 Å². The number of piperazine rings is 1. The van der Waals surface area contributed by atoms with Gasteiger partial charge >= 0.3 is 11.9 Å². The Morgan fingerprint density at radius 1 is 0.860 bits per heavy atom. The van der Waals surface area contributed by atoms with Crippen LogP contribution in [0.5, 0.6) is 0 Å². The number of carbonyl (C=O) groups excluding carboxylic acids is 2. The van der Waals surface area contributed by atoms with Crippen LogP contribution in [0.4, 0.5) is 5.69 Å². The van der Waals surface area contributed by atoms with Crippen LogP contribution in [0, 0.1) is 17.8 Å². The Morgan fingerprint density at radius 3 is 2.16 bits per heavy atom. The van der Waals surface area contributed by atoms with Crippen molar-refractivity contribution in [2.24, 2.45) is 5.92 Å². The minimum atomic E-state index is -0.646. The molecule has 1 atom stereocenters. The molecule has 8 nitrogen and oxygen atoms in total. The van der Waals surface area contributed by atoms with Crippen molar-refractivity contribution in [3.63, 3.8) is 0 Å². The van der Waals surface area contributed by atoms with Gasteiger partial charge < -0.3 is 24.6 Å². The van der Waals surface area contributed by atoms with Gasteiger partial charge in [-0.2, -0.15) is 0 Å². The zero-order valence-electron chi connectivity index (χ0n) is 28.5. The van der Waals surface area contributed by atoms with Crippen molar-refractivity contribution in [3.8, 4) is 11.8 Å². The Morgan fingerprint density at radius 2 is 1.54 bits per heavy atom. The maximum atomic E-state index is 14.0. The van der Waals surface area contributed by atoms with Crippen LogP contribution in [0.2, 0.25) is 0 Å². The van der Waals surface area contributed by atoms with Gasteiger partial charge in [-0.25, -0.2) is 9.59 Å². The molecule has 0 radical (unpaired) electrons. The predicted octanol–water partition coefficient (Wildman–Crippen LogP) is 6.03. The molecule has 1 N–H and O–H groups in total. The van der Waals surface area contributed by atoms with Gasteiger partial charge in [0, 0.05) is 67.9 Å². The van der Waals surface area contributed by atoms with Gasteiger partial charge in [0.15, 0.2) is 6.61 Å². The molecule has 50 heavy (non-hydrogen) atoms. The van der Waals surface area contributed by atoms with Crippen LogP contribution in [0.1, 0.15) is 41.5 Å². The third-order valence-electron chi connectivity index (χ3n) is 9.17. The van der Waals surface area contributed by atoms with Crippen LogP contribution >= 0.6 is 0 Å². The third kappa shape index (κ3) is 8.31. The second-order valence-corrected chi connectivity index (χ2v) is 12.4. The SMILES string of the molecule is CCOC(=O)C1=C(c2ccc(N3CCN(C)CC3)cc2)NC=C(C(=O)OCC#Cc2cccnc2)C1CC(c1ccccc1)c1ccccc1. The number of hydrogen-bond acceptors (Lipinski definition) is 8. The average molecular weight is 667 g/mol. The van der Waals surface area contributed by atoms with Gasteiger partial charge in [-0.1, -0.05) is 84.6 Å². The normalized spacial score (nSPS) is 16.2. The second-order valence-electron chi connectivity index (χ2n) is 12.4. The highest BCUT2D eigenvalue weighted by molar-refractivity contribution is 6.03. The summed E-state index contributed by atoms with van der Waals surface area (Å²) in [6.45, 7) is 5.79. The molecule has 3 aromatic carbocycles. The quantitative estimate of drug-likeness (QED) is 0.162. The van der Waals surface area contributed by atoms with Gasteiger partial charge in [0.1, 0.15) is 0 Å². The lowest BCUT2D eigenvalue weighted by atomic mass is 9.76. The summed E-state index contributed by atoms with van der Waals surface area (Å²) < 4.78 is 11.4. The molecule has 1 unspecified atom stereocenters.